The van der Waals surface area contributed by atoms with E-state index in [0.29, 0.717) is 0 Å². The van der Waals surface area contributed by atoms with Crippen molar-refractivity contribution in [3.8, 4) is 11.4 Å². The fraction of sp³-hybridized carbons (Fsp3) is 0.194. The lowest BCUT2D eigenvalue weighted by molar-refractivity contribution is -0.867. The summed E-state index contributed by atoms with van der Waals surface area (Å²) < 4.78 is 9.39. The maximum Gasteiger partial charge on any atom is 0.247 e. The molecule has 0 radical (unpaired) electrons. The average molecular weight is 496 g/mol. The predicted octanol–water partition coefficient (Wildman–Crippen LogP) is 6.30. The van der Waals surface area contributed by atoms with Crippen LogP contribution in [0.3, 0.4) is 0 Å². The summed E-state index contributed by atoms with van der Waals surface area (Å²) in [6, 6.07) is 29.7. The molecule has 4 aromatic rings. The molecule has 0 amide bonds. The first-order valence-corrected chi connectivity index (χ1v) is 13.2. The lowest BCUT2D eigenvalue weighted by Crippen LogP contribution is -2.38. The van der Waals surface area contributed by atoms with Gasteiger partial charge < -0.3 is 14.1 Å². The zero-order chi connectivity index (χ0) is 25.1. The molecule has 0 aliphatic carbocycles. The van der Waals surface area contributed by atoms with Crippen LogP contribution in [0.5, 0.6) is 5.75 Å². The summed E-state index contributed by atoms with van der Waals surface area (Å²) >= 11 is 1.91. The van der Waals surface area contributed by atoms with Crippen molar-refractivity contribution in [2.45, 2.75) is 5.03 Å². The van der Waals surface area contributed by atoms with Gasteiger partial charge in [0.1, 0.15) is 0 Å². The van der Waals surface area contributed by atoms with E-state index in [2.05, 4.69) is 109 Å². The van der Waals surface area contributed by atoms with Crippen molar-refractivity contribution in [3.05, 3.63) is 109 Å². The second-order valence-electron chi connectivity index (χ2n) is 9.98. The molecule has 0 N–H and O–H groups in total. The summed E-state index contributed by atoms with van der Waals surface area (Å²) in [7, 11) is 8.77. The molecule has 0 saturated carbocycles. The molecule has 3 aromatic carbocycles. The van der Waals surface area contributed by atoms with Crippen LogP contribution in [0.4, 0.5) is 5.69 Å². The standard InChI is InChI=1S/C31H33N3OS/c1-32-28-18-10-11-19-29(28)35-30(32)20-12-13-24-23-31(36-22-21-34(2,3)4)33(25-14-6-5-7-15-25)27-17-9-8-16-26(24)27/h5-20,23H,21-22H2,1-4H3/q+2. The van der Waals surface area contributed by atoms with Gasteiger partial charge in [0.15, 0.2) is 11.6 Å². The van der Waals surface area contributed by atoms with E-state index in [4.69, 9.17) is 4.74 Å². The summed E-state index contributed by atoms with van der Waals surface area (Å²) in [6.07, 6.45) is 6.32. The van der Waals surface area contributed by atoms with Crippen LogP contribution in [-0.2, 0) is 0 Å². The van der Waals surface area contributed by atoms with E-state index >= 15 is 0 Å². The number of hydrogen-bond acceptors (Lipinski definition) is 3. The predicted molar refractivity (Wildman–Crippen MR) is 152 cm³/mol. The van der Waals surface area contributed by atoms with E-state index in [1.165, 1.54) is 27.2 Å². The van der Waals surface area contributed by atoms with Gasteiger partial charge in [0.05, 0.1) is 44.5 Å². The summed E-state index contributed by atoms with van der Waals surface area (Å²) in [5.41, 5.74) is 4.66. The topological polar surface area (TPSA) is 16.4 Å². The third-order valence-electron chi connectivity index (χ3n) is 6.27. The van der Waals surface area contributed by atoms with E-state index in [1.807, 2.05) is 43.1 Å². The van der Waals surface area contributed by atoms with Crippen molar-refractivity contribution in [1.82, 2.24) is 0 Å². The van der Waals surface area contributed by atoms with Gasteiger partial charge in [0, 0.05) is 31.3 Å². The molecular formula is C31H33N3OS+2. The minimum absolute atomic E-state index is 0.824. The number of hydrogen-bond donors (Lipinski definition) is 0. The van der Waals surface area contributed by atoms with Gasteiger partial charge in [0.25, 0.3) is 0 Å². The van der Waals surface area contributed by atoms with Crippen molar-refractivity contribution >= 4 is 34.4 Å². The molecule has 5 rings (SSSR count). The van der Waals surface area contributed by atoms with Crippen LogP contribution >= 0.6 is 11.8 Å². The van der Waals surface area contributed by atoms with E-state index in [1.54, 1.807) is 0 Å². The molecular weight excluding hydrogens is 462 g/mol. The Morgan fingerprint density at radius 1 is 0.917 bits per heavy atom. The quantitative estimate of drug-likeness (QED) is 0.170. The van der Waals surface area contributed by atoms with Gasteiger partial charge in [-0.1, -0.05) is 66.4 Å². The molecule has 182 valence electrons. The van der Waals surface area contributed by atoms with Crippen LogP contribution < -0.4 is 14.2 Å². The summed E-state index contributed by atoms with van der Waals surface area (Å²) in [6.45, 7) is 1.09. The molecule has 0 bridgehead atoms. The molecule has 0 saturated heterocycles. The van der Waals surface area contributed by atoms with Gasteiger partial charge in [-0.15, -0.1) is 4.57 Å². The van der Waals surface area contributed by atoms with Crippen LogP contribution in [0, 0.1) is 0 Å². The minimum Gasteiger partial charge on any atom is -0.439 e. The van der Waals surface area contributed by atoms with Gasteiger partial charge in [-0.25, -0.2) is 0 Å². The van der Waals surface area contributed by atoms with Crippen LogP contribution in [-0.4, -0.2) is 45.0 Å². The number of rotatable bonds is 7. The van der Waals surface area contributed by atoms with Crippen LogP contribution in [0.1, 0.15) is 5.56 Å². The number of aromatic nitrogens is 1. The van der Waals surface area contributed by atoms with Crippen molar-refractivity contribution in [1.29, 1.82) is 0 Å². The molecule has 0 unspecified atom stereocenters. The highest BCUT2D eigenvalue weighted by Crippen LogP contribution is 2.37. The van der Waals surface area contributed by atoms with E-state index in [9.17, 15) is 0 Å². The second kappa shape index (κ2) is 10.2. The number of quaternary nitrogens is 1. The van der Waals surface area contributed by atoms with Crippen molar-refractivity contribution in [2.24, 2.45) is 0 Å². The van der Waals surface area contributed by atoms with Gasteiger partial charge in [0.2, 0.25) is 16.2 Å². The van der Waals surface area contributed by atoms with Crippen molar-refractivity contribution < 1.29 is 13.8 Å². The monoisotopic (exact) mass is 495 g/mol. The highest BCUT2D eigenvalue weighted by Gasteiger charge is 2.23. The smallest absolute Gasteiger partial charge is 0.247 e. The lowest BCUT2D eigenvalue weighted by atomic mass is 10.1. The largest absolute Gasteiger partial charge is 0.439 e. The molecule has 5 heteroatoms. The number of benzene rings is 3. The maximum absolute atomic E-state index is 6.06. The molecule has 1 aliphatic heterocycles. The Morgan fingerprint density at radius 3 is 2.42 bits per heavy atom. The molecule has 1 aliphatic rings. The van der Waals surface area contributed by atoms with E-state index < -0.39 is 0 Å². The Balaban J connectivity index is 1.54. The van der Waals surface area contributed by atoms with E-state index in [-0.39, 0.29) is 0 Å². The fourth-order valence-electron chi connectivity index (χ4n) is 4.32. The highest BCUT2D eigenvalue weighted by atomic mass is 32.2. The third kappa shape index (κ3) is 5.18. The Morgan fingerprint density at radius 2 is 1.64 bits per heavy atom. The Hall–Kier alpha value is -3.54. The first-order chi connectivity index (χ1) is 17.4. The molecule has 0 fully saturated rings. The lowest BCUT2D eigenvalue weighted by Gasteiger charge is -2.23. The summed E-state index contributed by atoms with van der Waals surface area (Å²) in [5.74, 6) is 2.76. The highest BCUT2D eigenvalue weighted by molar-refractivity contribution is 7.99. The first-order valence-electron chi connectivity index (χ1n) is 12.3. The second-order valence-corrected chi connectivity index (χ2v) is 11.1. The maximum atomic E-state index is 6.06. The third-order valence-corrected chi connectivity index (χ3v) is 7.25. The number of para-hydroxylation sites is 4. The van der Waals surface area contributed by atoms with Gasteiger partial charge in [-0.05, 0) is 29.8 Å². The molecule has 1 aromatic heterocycles. The van der Waals surface area contributed by atoms with Crippen molar-refractivity contribution in [2.75, 3.05) is 45.4 Å². The van der Waals surface area contributed by atoms with Gasteiger partial charge in [-0.3, -0.25) is 0 Å². The SMILES string of the molecule is CN1/C(=C\C=C\c2cc(SCC[N+](C)(C)C)[n+](-c3ccccc3)c3ccccc23)Oc2ccccc21. The fourth-order valence-corrected chi connectivity index (χ4v) is 5.71. The normalized spacial score (nSPS) is 14.6. The zero-order valence-electron chi connectivity index (χ0n) is 21.4. The van der Waals surface area contributed by atoms with Gasteiger partial charge >= 0.3 is 0 Å². The molecule has 0 spiro atoms. The van der Waals surface area contributed by atoms with Crippen LogP contribution in [0.2, 0.25) is 0 Å². The number of thioether (sulfide) groups is 1. The first kappa shape index (κ1) is 24.2. The van der Waals surface area contributed by atoms with Crippen LogP contribution in [0.25, 0.3) is 22.7 Å². The molecule has 36 heavy (non-hydrogen) atoms. The van der Waals surface area contributed by atoms with Crippen LogP contribution in [0.15, 0.2) is 108 Å². The summed E-state index contributed by atoms with van der Waals surface area (Å²) in [5, 5.41) is 2.46. The Bertz CT molecular complexity index is 1440. The number of nitrogens with zero attached hydrogens (tertiary/aromatic N) is 3. The number of anilines is 1. The Kier molecular flexibility index (Phi) is 6.86. The molecule has 2 heterocycles. The molecule has 0 atom stereocenters. The number of allylic oxidation sites excluding steroid dienone is 2. The van der Waals surface area contributed by atoms with Gasteiger partial charge in [-0.2, -0.15) is 0 Å². The number of fused-ring (bicyclic) bond motifs is 2. The minimum atomic E-state index is 0.824. The zero-order valence-corrected chi connectivity index (χ0v) is 22.2. The molecule has 4 nitrogen and oxygen atoms in total. The number of pyridine rings is 1. The number of ether oxygens (including phenoxy) is 1. The summed E-state index contributed by atoms with van der Waals surface area (Å²) in [4.78, 5) is 2.08. The van der Waals surface area contributed by atoms with E-state index in [0.717, 1.165) is 34.1 Å². The van der Waals surface area contributed by atoms with Crippen molar-refractivity contribution in [3.63, 3.8) is 0 Å². The Labute approximate surface area is 218 Å². The average Bonchev–Trinajstić information content (AvgIpc) is 3.19.